The minimum absolute atomic E-state index is 0.192. The van der Waals surface area contributed by atoms with Gasteiger partial charge in [-0.15, -0.1) is 11.3 Å². The molecule has 2 aliphatic rings. The molecule has 4 rings (SSSR count). The van der Waals surface area contributed by atoms with Crippen LogP contribution in [0.2, 0.25) is 0 Å². The fraction of sp³-hybridized carbons (Fsp3) is 0.312. The molecule has 0 radical (unpaired) electrons. The Bertz CT molecular complexity index is 794. The third-order valence-electron chi connectivity index (χ3n) is 3.93. The second-order valence-electron chi connectivity index (χ2n) is 5.76. The highest BCUT2D eigenvalue weighted by Crippen LogP contribution is 2.43. The minimum atomic E-state index is -0.810. The molecule has 0 atom stereocenters. The van der Waals surface area contributed by atoms with E-state index in [1.165, 1.54) is 18.3 Å². The fourth-order valence-electron chi connectivity index (χ4n) is 2.88. The highest BCUT2D eigenvalue weighted by atomic mass is 32.1. The fourth-order valence-corrected chi connectivity index (χ4v) is 3.61. The summed E-state index contributed by atoms with van der Waals surface area (Å²) in [5.41, 5.74) is 0.316. The van der Waals surface area contributed by atoms with E-state index in [2.05, 4.69) is 10.3 Å². The van der Waals surface area contributed by atoms with Gasteiger partial charge in [0.25, 0.3) is 11.7 Å². The van der Waals surface area contributed by atoms with Crippen molar-refractivity contribution >= 4 is 28.3 Å². The molecule has 124 valence electrons. The van der Waals surface area contributed by atoms with E-state index in [4.69, 9.17) is 9.47 Å². The number of para-hydroxylation sites is 2. The number of carbonyl (C=O) groups is 2. The van der Waals surface area contributed by atoms with E-state index >= 15 is 0 Å². The average Bonchev–Trinajstić information content (AvgIpc) is 3.24. The summed E-state index contributed by atoms with van der Waals surface area (Å²) in [6.45, 7) is 2.27. The number of benzene rings is 1. The molecular weight excluding hydrogens is 330 g/mol. The van der Waals surface area contributed by atoms with Crippen molar-refractivity contribution in [3.8, 4) is 11.5 Å². The van der Waals surface area contributed by atoms with E-state index in [9.17, 15) is 9.59 Å². The molecule has 0 aliphatic carbocycles. The lowest BCUT2D eigenvalue weighted by Crippen LogP contribution is -2.42. The zero-order chi connectivity index (χ0) is 16.7. The van der Waals surface area contributed by atoms with Crippen LogP contribution in [0.15, 0.2) is 29.6 Å². The zero-order valence-electron chi connectivity index (χ0n) is 12.9. The summed E-state index contributed by atoms with van der Waals surface area (Å²) in [5.74, 6) is 0.189. The molecule has 1 fully saturated rings. The predicted molar refractivity (Wildman–Crippen MR) is 87.4 cm³/mol. The molecule has 2 amide bonds. The number of ether oxygens (including phenoxy) is 2. The maximum atomic E-state index is 12.6. The first-order valence-corrected chi connectivity index (χ1v) is 8.42. The van der Waals surface area contributed by atoms with Gasteiger partial charge in [-0.3, -0.25) is 9.59 Å². The Balaban J connectivity index is 1.46. The summed E-state index contributed by atoms with van der Waals surface area (Å²) in [4.78, 5) is 29.5. The van der Waals surface area contributed by atoms with Crippen LogP contribution in [0.3, 0.4) is 0 Å². The van der Waals surface area contributed by atoms with Crippen LogP contribution in [0.1, 0.15) is 23.8 Å². The normalized spacial score (nSPS) is 17.3. The van der Waals surface area contributed by atoms with Crippen LogP contribution < -0.4 is 14.8 Å². The predicted octanol–water partition coefficient (Wildman–Crippen LogP) is 2.12. The second kappa shape index (κ2) is 5.48. The second-order valence-corrected chi connectivity index (χ2v) is 6.62. The Morgan fingerprint density at radius 3 is 2.67 bits per heavy atom. The topological polar surface area (TPSA) is 80.8 Å². The number of fused-ring (bicyclic) bond motifs is 1. The number of likely N-dealkylation sites (tertiary alicyclic amines) is 1. The summed E-state index contributed by atoms with van der Waals surface area (Å²) in [5, 5.41) is 4.64. The van der Waals surface area contributed by atoms with Gasteiger partial charge in [-0.1, -0.05) is 12.1 Å². The van der Waals surface area contributed by atoms with E-state index in [0.717, 1.165) is 0 Å². The Morgan fingerprint density at radius 1 is 1.29 bits per heavy atom. The first-order chi connectivity index (χ1) is 11.5. The maximum Gasteiger partial charge on any atom is 0.273 e. The smallest absolute Gasteiger partial charge is 0.273 e. The van der Waals surface area contributed by atoms with Crippen molar-refractivity contribution in [3.63, 3.8) is 0 Å². The van der Waals surface area contributed by atoms with Crippen LogP contribution in [0.4, 0.5) is 5.13 Å². The first-order valence-electron chi connectivity index (χ1n) is 7.54. The minimum Gasteiger partial charge on any atom is -0.447 e. The lowest BCUT2D eigenvalue weighted by atomic mass is 10.2. The van der Waals surface area contributed by atoms with Gasteiger partial charge in [-0.2, -0.15) is 0 Å². The van der Waals surface area contributed by atoms with Crippen LogP contribution in [-0.2, 0) is 4.79 Å². The van der Waals surface area contributed by atoms with Crippen molar-refractivity contribution in [2.45, 2.75) is 19.1 Å². The highest BCUT2D eigenvalue weighted by molar-refractivity contribution is 7.14. The number of rotatable bonds is 2. The van der Waals surface area contributed by atoms with E-state index in [1.807, 2.05) is 24.3 Å². The summed E-state index contributed by atoms with van der Waals surface area (Å²) in [7, 11) is 0. The Labute approximate surface area is 142 Å². The van der Waals surface area contributed by atoms with Gasteiger partial charge in [0.1, 0.15) is 5.69 Å². The number of nitrogens with zero attached hydrogens (tertiary/aromatic N) is 2. The number of aromatic nitrogens is 1. The van der Waals surface area contributed by atoms with Gasteiger partial charge in [0.2, 0.25) is 5.91 Å². The van der Waals surface area contributed by atoms with Gasteiger partial charge in [-0.05, 0) is 12.1 Å². The van der Waals surface area contributed by atoms with Crippen LogP contribution in [0.5, 0.6) is 11.5 Å². The molecule has 1 N–H and O–H groups in total. The summed E-state index contributed by atoms with van der Waals surface area (Å²) < 4.78 is 11.9. The van der Waals surface area contributed by atoms with Gasteiger partial charge < -0.3 is 19.7 Å². The van der Waals surface area contributed by atoms with Gasteiger partial charge in [-0.25, -0.2) is 4.98 Å². The summed E-state index contributed by atoms with van der Waals surface area (Å²) in [6.07, 6.45) is 0.593. The molecular formula is C16H15N3O4S. The molecule has 0 saturated carbocycles. The van der Waals surface area contributed by atoms with E-state index in [1.54, 1.807) is 10.3 Å². The average molecular weight is 345 g/mol. The highest BCUT2D eigenvalue weighted by Gasteiger charge is 2.48. The van der Waals surface area contributed by atoms with E-state index < -0.39 is 5.79 Å². The molecule has 2 aromatic rings. The van der Waals surface area contributed by atoms with Crippen LogP contribution in [-0.4, -0.2) is 40.6 Å². The molecule has 7 nitrogen and oxygen atoms in total. The quantitative estimate of drug-likeness (QED) is 0.902. The number of nitrogens with one attached hydrogen (secondary N) is 1. The molecule has 1 saturated heterocycles. The van der Waals surface area contributed by atoms with Gasteiger partial charge in [0.15, 0.2) is 16.6 Å². The molecule has 1 spiro atoms. The monoisotopic (exact) mass is 345 g/mol. The lowest BCUT2D eigenvalue weighted by molar-refractivity contribution is -0.114. The molecule has 8 heteroatoms. The van der Waals surface area contributed by atoms with Crippen molar-refractivity contribution in [1.29, 1.82) is 0 Å². The van der Waals surface area contributed by atoms with Crippen molar-refractivity contribution in [2.24, 2.45) is 0 Å². The molecule has 0 unspecified atom stereocenters. The molecule has 2 aliphatic heterocycles. The van der Waals surface area contributed by atoms with Crippen LogP contribution >= 0.6 is 11.3 Å². The molecule has 3 heterocycles. The molecule has 24 heavy (non-hydrogen) atoms. The van der Waals surface area contributed by atoms with Crippen molar-refractivity contribution in [1.82, 2.24) is 9.88 Å². The maximum absolute atomic E-state index is 12.6. The van der Waals surface area contributed by atoms with Crippen LogP contribution in [0.25, 0.3) is 0 Å². The van der Waals surface area contributed by atoms with Crippen molar-refractivity contribution in [2.75, 3.05) is 18.4 Å². The number of carbonyl (C=O) groups excluding carboxylic acids is 2. The Kier molecular flexibility index (Phi) is 3.42. The SMILES string of the molecule is CC(=O)Nc1nc(C(=O)N2CCC3(C2)Oc2ccccc2O3)cs1. The number of anilines is 1. The van der Waals surface area contributed by atoms with E-state index in [0.29, 0.717) is 41.8 Å². The number of amides is 2. The third-order valence-corrected chi connectivity index (χ3v) is 4.69. The zero-order valence-corrected chi connectivity index (χ0v) is 13.8. The molecule has 0 bridgehead atoms. The number of hydrogen-bond donors (Lipinski definition) is 1. The first kappa shape index (κ1) is 14.9. The molecule has 1 aromatic heterocycles. The molecule has 1 aromatic carbocycles. The number of hydrogen-bond acceptors (Lipinski definition) is 6. The van der Waals surface area contributed by atoms with Crippen molar-refractivity contribution in [3.05, 3.63) is 35.3 Å². The van der Waals surface area contributed by atoms with Gasteiger partial charge >= 0.3 is 0 Å². The summed E-state index contributed by atoms with van der Waals surface area (Å²) in [6, 6.07) is 7.49. The largest absolute Gasteiger partial charge is 0.447 e. The van der Waals surface area contributed by atoms with Gasteiger partial charge in [0, 0.05) is 25.3 Å². The Morgan fingerprint density at radius 2 is 2.00 bits per heavy atom. The standard InChI is InChI=1S/C16H15N3O4S/c1-10(20)17-15-18-11(8-24-15)14(21)19-7-6-16(9-19)22-12-4-2-3-5-13(12)23-16/h2-5,8H,6-7,9H2,1H3,(H,17,18,20). The third kappa shape index (κ3) is 2.58. The lowest BCUT2D eigenvalue weighted by Gasteiger charge is -2.22. The van der Waals surface area contributed by atoms with Crippen LogP contribution in [0, 0.1) is 0 Å². The number of thiazole rings is 1. The van der Waals surface area contributed by atoms with Gasteiger partial charge in [0.05, 0.1) is 6.54 Å². The Hall–Kier alpha value is -2.61. The van der Waals surface area contributed by atoms with E-state index in [-0.39, 0.29) is 11.8 Å². The van der Waals surface area contributed by atoms with Crippen molar-refractivity contribution < 1.29 is 19.1 Å². The summed E-state index contributed by atoms with van der Waals surface area (Å²) >= 11 is 1.23.